The molecule has 1 aliphatic heterocycles. The van der Waals surface area contributed by atoms with Crippen molar-refractivity contribution in [2.75, 3.05) is 34.4 Å². The minimum Gasteiger partial charge on any atom is -0.496 e. The smallest absolute Gasteiger partial charge is 0.259 e. The van der Waals surface area contributed by atoms with Crippen molar-refractivity contribution in [2.45, 2.75) is 25.5 Å². The van der Waals surface area contributed by atoms with E-state index in [4.69, 9.17) is 14.2 Å². The molecule has 1 N–H and O–H groups in total. The van der Waals surface area contributed by atoms with Gasteiger partial charge in [0.1, 0.15) is 28.9 Å². The van der Waals surface area contributed by atoms with Gasteiger partial charge in [0.15, 0.2) is 0 Å². The first-order valence-electron chi connectivity index (χ1n) is 9.54. The summed E-state index contributed by atoms with van der Waals surface area (Å²) in [5, 5.41) is 2.93. The number of hydrogen-bond donors (Lipinski definition) is 1. The van der Waals surface area contributed by atoms with Gasteiger partial charge in [-0.15, -0.1) is 0 Å². The first-order valence-corrected chi connectivity index (χ1v) is 9.54. The molecule has 3 rings (SSSR count). The molecule has 6 heteroatoms. The van der Waals surface area contributed by atoms with Gasteiger partial charge < -0.3 is 24.4 Å². The Morgan fingerprint density at radius 2 is 1.64 bits per heavy atom. The van der Waals surface area contributed by atoms with Crippen molar-refractivity contribution in [3.05, 3.63) is 53.6 Å². The van der Waals surface area contributed by atoms with E-state index >= 15 is 0 Å². The van der Waals surface area contributed by atoms with Gasteiger partial charge in [-0.3, -0.25) is 4.79 Å². The average Bonchev–Trinajstić information content (AvgIpc) is 2.74. The van der Waals surface area contributed by atoms with Gasteiger partial charge in [0.2, 0.25) is 0 Å². The fourth-order valence-electron chi connectivity index (χ4n) is 3.33. The van der Waals surface area contributed by atoms with Crippen LogP contribution in [-0.4, -0.2) is 51.3 Å². The number of benzene rings is 2. The van der Waals surface area contributed by atoms with Gasteiger partial charge in [0.25, 0.3) is 5.91 Å². The minimum absolute atomic E-state index is 0.235. The highest BCUT2D eigenvalue weighted by Gasteiger charge is 2.19. The van der Waals surface area contributed by atoms with Crippen LogP contribution in [0, 0.1) is 0 Å². The Balaban J connectivity index is 1.57. The molecule has 1 saturated heterocycles. The van der Waals surface area contributed by atoms with Gasteiger partial charge in [0.05, 0.1) is 14.2 Å². The van der Waals surface area contributed by atoms with Crippen molar-refractivity contribution >= 4 is 5.91 Å². The van der Waals surface area contributed by atoms with E-state index in [-0.39, 0.29) is 12.0 Å². The molecule has 0 saturated carbocycles. The van der Waals surface area contributed by atoms with Crippen LogP contribution in [0.4, 0.5) is 0 Å². The number of carbonyl (C=O) groups excluding carboxylic acids is 1. The first-order chi connectivity index (χ1) is 13.6. The van der Waals surface area contributed by atoms with Gasteiger partial charge in [-0.05, 0) is 49.7 Å². The van der Waals surface area contributed by atoms with E-state index < -0.39 is 0 Å². The van der Waals surface area contributed by atoms with Crippen LogP contribution >= 0.6 is 0 Å². The van der Waals surface area contributed by atoms with E-state index in [1.807, 2.05) is 24.3 Å². The van der Waals surface area contributed by atoms with Crippen molar-refractivity contribution < 1.29 is 19.0 Å². The molecule has 1 aliphatic rings. The van der Waals surface area contributed by atoms with Crippen molar-refractivity contribution in [1.29, 1.82) is 0 Å². The molecule has 0 spiro atoms. The summed E-state index contributed by atoms with van der Waals surface area (Å²) in [6.07, 6.45) is 2.38. The first kappa shape index (κ1) is 20.0. The molecule has 2 aromatic rings. The number of nitrogens with one attached hydrogen (secondary N) is 1. The van der Waals surface area contributed by atoms with Gasteiger partial charge in [-0.2, -0.15) is 0 Å². The van der Waals surface area contributed by atoms with Crippen molar-refractivity contribution in [3.8, 4) is 17.2 Å². The monoisotopic (exact) mass is 384 g/mol. The highest BCUT2D eigenvalue weighted by molar-refractivity contribution is 5.99. The normalized spacial score (nSPS) is 15.1. The summed E-state index contributed by atoms with van der Waals surface area (Å²) in [4.78, 5) is 15.0. The molecule has 1 heterocycles. The van der Waals surface area contributed by atoms with Crippen LogP contribution in [0.2, 0.25) is 0 Å². The Kier molecular flexibility index (Phi) is 6.76. The Labute approximate surface area is 166 Å². The fraction of sp³-hybridized carbons (Fsp3) is 0.409. The maximum Gasteiger partial charge on any atom is 0.259 e. The largest absolute Gasteiger partial charge is 0.496 e. The molecule has 1 fully saturated rings. The molecule has 0 aliphatic carbocycles. The molecular formula is C22H28N2O4. The highest BCUT2D eigenvalue weighted by atomic mass is 16.5. The Morgan fingerprint density at radius 1 is 1.04 bits per heavy atom. The van der Waals surface area contributed by atoms with Crippen molar-refractivity contribution in [1.82, 2.24) is 10.2 Å². The van der Waals surface area contributed by atoms with Crippen LogP contribution in [0.1, 0.15) is 28.8 Å². The van der Waals surface area contributed by atoms with Gasteiger partial charge in [-0.25, -0.2) is 0 Å². The summed E-state index contributed by atoms with van der Waals surface area (Å²) in [5.41, 5.74) is 1.40. The average molecular weight is 384 g/mol. The number of hydrogen-bond acceptors (Lipinski definition) is 5. The van der Waals surface area contributed by atoms with Crippen LogP contribution < -0.4 is 19.5 Å². The second-order valence-electron chi connectivity index (χ2n) is 6.98. The maximum absolute atomic E-state index is 12.6. The van der Waals surface area contributed by atoms with Gasteiger partial charge in [0, 0.05) is 19.6 Å². The lowest BCUT2D eigenvalue weighted by Crippen LogP contribution is -2.35. The molecule has 6 nitrogen and oxygen atoms in total. The third-order valence-electron chi connectivity index (χ3n) is 5.00. The summed E-state index contributed by atoms with van der Waals surface area (Å²) in [6.45, 7) is 2.55. The topological polar surface area (TPSA) is 60.0 Å². The fourth-order valence-corrected chi connectivity index (χ4v) is 3.33. The lowest BCUT2D eigenvalue weighted by atomic mass is 10.1. The number of nitrogens with zero attached hydrogens (tertiary/aromatic N) is 1. The number of likely N-dealkylation sites (tertiary alicyclic amines) is 1. The van der Waals surface area contributed by atoms with E-state index in [9.17, 15) is 4.79 Å². The van der Waals surface area contributed by atoms with Crippen molar-refractivity contribution in [3.63, 3.8) is 0 Å². The van der Waals surface area contributed by atoms with E-state index in [2.05, 4.69) is 17.3 Å². The summed E-state index contributed by atoms with van der Waals surface area (Å²) in [5.74, 6) is 1.61. The SMILES string of the molecule is COc1cccc(OC)c1C(=O)NCc1ccc(OC2CCN(C)CC2)cc1. The Morgan fingerprint density at radius 3 is 2.21 bits per heavy atom. The molecular weight excluding hydrogens is 356 g/mol. The second kappa shape index (κ2) is 9.46. The summed E-state index contributed by atoms with van der Waals surface area (Å²) >= 11 is 0. The summed E-state index contributed by atoms with van der Waals surface area (Å²) < 4.78 is 16.7. The quantitative estimate of drug-likeness (QED) is 0.795. The number of methoxy groups -OCH3 is 2. The number of ether oxygens (including phenoxy) is 3. The van der Waals surface area contributed by atoms with E-state index in [1.54, 1.807) is 18.2 Å². The number of amides is 1. The van der Waals surface area contributed by atoms with E-state index in [1.165, 1.54) is 14.2 Å². The third kappa shape index (κ3) is 4.95. The molecule has 0 aromatic heterocycles. The molecule has 1 amide bonds. The molecule has 0 bridgehead atoms. The lowest BCUT2D eigenvalue weighted by Gasteiger charge is -2.29. The highest BCUT2D eigenvalue weighted by Crippen LogP contribution is 2.28. The molecule has 0 unspecified atom stereocenters. The number of rotatable bonds is 7. The third-order valence-corrected chi connectivity index (χ3v) is 5.00. The van der Waals surface area contributed by atoms with Gasteiger partial charge >= 0.3 is 0 Å². The van der Waals surface area contributed by atoms with Gasteiger partial charge in [-0.1, -0.05) is 18.2 Å². The predicted octanol–water partition coefficient (Wildman–Crippen LogP) is 3.11. The number of carbonyl (C=O) groups is 1. The zero-order valence-corrected chi connectivity index (χ0v) is 16.7. The van der Waals surface area contributed by atoms with Crippen LogP contribution in [0.3, 0.4) is 0 Å². The summed E-state index contributed by atoms with van der Waals surface area (Å²) in [7, 11) is 5.21. The molecule has 150 valence electrons. The zero-order valence-electron chi connectivity index (χ0n) is 16.7. The van der Waals surface area contributed by atoms with Crippen LogP contribution in [0.15, 0.2) is 42.5 Å². The maximum atomic E-state index is 12.6. The van der Waals surface area contributed by atoms with E-state index in [0.29, 0.717) is 23.6 Å². The second-order valence-corrected chi connectivity index (χ2v) is 6.98. The van der Waals surface area contributed by atoms with Crippen LogP contribution in [0.5, 0.6) is 17.2 Å². The zero-order chi connectivity index (χ0) is 19.9. The molecule has 28 heavy (non-hydrogen) atoms. The van der Waals surface area contributed by atoms with E-state index in [0.717, 1.165) is 37.2 Å². The molecule has 0 radical (unpaired) electrons. The summed E-state index contributed by atoms with van der Waals surface area (Å²) in [6, 6.07) is 13.2. The van der Waals surface area contributed by atoms with Crippen LogP contribution in [0.25, 0.3) is 0 Å². The number of piperidine rings is 1. The Bertz CT molecular complexity index is 761. The van der Waals surface area contributed by atoms with Crippen molar-refractivity contribution in [2.24, 2.45) is 0 Å². The standard InChI is InChI=1S/C22H28N2O4/c1-24-13-11-18(12-14-24)28-17-9-7-16(8-10-17)15-23-22(25)21-19(26-2)5-4-6-20(21)27-3/h4-10,18H,11-15H2,1-3H3,(H,23,25). The van der Waals surface area contributed by atoms with Crippen LogP contribution in [-0.2, 0) is 6.54 Å². The molecule has 0 atom stereocenters. The predicted molar refractivity (Wildman–Crippen MR) is 108 cm³/mol. The minimum atomic E-state index is -0.235. The lowest BCUT2D eigenvalue weighted by molar-refractivity contribution is 0.0944. The molecule has 2 aromatic carbocycles. The Hall–Kier alpha value is -2.73.